The summed E-state index contributed by atoms with van der Waals surface area (Å²) in [7, 11) is 0. The summed E-state index contributed by atoms with van der Waals surface area (Å²) in [6, 6.07) is 6.25. The van der Waals surface area contributed by atoms with Gasteiger partial charge in [0.1, 0.15) is 17.0 Å². The van der Waals surface area contributed by atoms with E-state index < -0.39 is 5.82 Å². The van der Waals surface area contributed by atoms with Gasteiger partial charge in [-0.05, 0) is 29.1 Å². The van der Waals surface area contributed by atoms with E-state index in [0.717, 1.165) is 21.6 Å². The molecule has 2 N–H and O–H groups in total. The summed E-state index contributed by atoms with van der Waals surface area (Å²) in [5, 5.41) is 15.2. The Kier molecular flexibility index (Phi) is 3.00. The van der Waals surface area contributed by atoms with Crippen molar-refractivity contribution in [3.8, 4) is 5.75 Å². The summed E-state index contributed by atoms with van der Waals surface area (Å²) >= 11 is 1.54. The van der Waals surface area contributed by atoms with Gasteiger partial charge in [0.25, 0.3) is 0 Å². The summed E-state index contributed by atoms with van der Waals surface area (Å²) in [6.07, 6.45) is 1.50. The molecule has 6 heteroatoms. The van der Waals surface area contributed by atoms with Gasteiger partial charge in [-0.15, -0.1) is 11.3 Å². The van der Waals surface area contributed by atoms with E-state index >= 15 is 0 Å². The standard InChI is InChI=1S/C13H10FN3OS/c14-10-5-8(1-2-11(10)18)6-15-12-9-3-4-19-13(9)17-7-16-12/h1-5,7,18H,6H2,(H,15,16,17). The summed E-state index contributed by atoms with van der Waals surface area (Å²) in [6.45, 7) is 0.430. The van der Waals surface area contributed by atoms with E-state index in [1.54, 1.807) is 17.4 Å². The number of phenols is 1. The number of anilines is 1. The molecule has 3 aromatic rings. The van der Waals surface area contributed by atoms with Crippen molar-refractivity contribution in [2.24, 2.45) is 0 Å². The summed E-state index contributed by atoms with van der Waals surface area (Å²) in [5.74, 6) is -0.242. The molecule has 0 bridgehead atoms. The van der Waals surface area contributed by atoms with Crippen molar-refractivity contribution in [3.05, 3.63) is 47.4 Å². The Morgan fingerprint density at radius 2 is 2.16 bits per heavy atom. The first-order chi connectivity index (χ1) is 9.24. The van der Waals surface area contributed by atoms with Crippen LogP contribution in [0, 0.1) is 5.82 Å². The number of nitrogens with zero attached hydrogens (tertiary/aromatic N) is 2. The molecule has 0 radical (unpaired) electrons. The van der Waals surface area contributed by atoms with Crippen molar-refractivity contribution in [1.82, 2.24) is 9.97 Å². The number of aromatic nitrogens is 2. The molecule has 0 aliphatic carbocycles. The maximum absolute atomic E-state index is 13.2. The molecule has 0 amide bonds. The fraction of sp³-hybridized carbons (Fsp3) is 0.0769. The minimum atomic E-state index is -0.623. The molecule has 19 heavy (non-hydrogen) atoms. The van der Waals surface area contributed by atoms with E-state index in [2.05, 4.69) is 15.3 Å². The Bertz CT molecular complexity index is 729. The Balaban J connectivity index is 1.82. The highest BCUT2D eigenvalue weighted by Gasteiger charge is 2.05. The second kappa shape index (κ2) is 4.81. The van der Waals surface area contributed by atoms with Gasteiger partial charge in [0.15, 0.2) is 11.6 Å². The zero-order chi connectivity index (χ0) is 13.2. The molecule has 0 aliphatic heterocycles. The molecule has 3 rings (SSSR count). The number of thiophene rings is 1. The molecule has 0 atom stereocenters. The van der Waals surface area contributed by atoms with Crippen LogP contribution in [-0.4, -0.2) is 15.1 Å². The fourth-order valence-electron chi connectivity index (χ4n) is 1.78. The van der Waals surface area contributed by atoms with Crippen LogP contribution in [0.2, 0.25) is 0 Å². The lowest BCUT2D eigenvalue weighted by Crippen LogP contribution is -2.02. The Labute approximate surface area is 112 Å². The van der Waals surface area contributed by atoms with Crippen LogP contribution in [-0.2, 0) is 6.54 Å². The molecule has 0 aliphatic rings. The van der Waals surface area contributed by atoms with Crippen LogP contribution in [0.1, 0.15) is 5.56 Å². The predicted molar refractivity (Wildman–Crippen MR) is 72.8 cm³/mol. The Hall–Kier alpha value is -2.21. The number of rotatable bonds is 3. The van der Waals surface area contributed by atoms with E-state index in [1.165, 1.54) is 18.5 Å². The highest BCUT2D eigenvalue weighted by Crippen LogP contribution is 2.24. The SMILES string of the molecule is Oc1ccc(CNc2ncnc3sccc23)cc1F. The summed E-state index contributed by atoms with van der Waals surface area (Å²) < 4.78 is 13.2. The lowest BCUT2D eigenvalue weighted by atomic mass is 10.2. The number of nitrogens with one attached hydrogen (secondary N) is 1. The first-order valence-electron chi connectivity index (χ1n) is 5.63. The second-order valence-electron chi connectivity index (χ2n) is 4.00. The van der Waals surface area contributed by atoms with Crippen molar-refractivity contribution < 1.29 is 9.50 Å². The van der Waals surface area contributed by atoms with E-state index in [9.17, 15) is 4.39 Å². The molecule has 4 nitrogen and oxygen atoms in total. The lowest BCUT2D eigenvalue weighted by Gasteiger charge is -2.07. The molecule has 0 fully saturated rings. The molecule has 0 saturated carbocycles. The van der Waals surface area contributed by atoms with Gasteiger partial charge in [0.05, 0.1) is 5.39 Å². The zero-order valence-electron chi connectivity index (χ0n) is 9.80. The number of fused-ring (bicyclic) bond motifs is 1. The number of phenolic OH excluding ortho intramolecular Hbond substituents is 1. The molecule has 96 valence electrons. The minimum Gasteiger partial charge on any atom is -0.505 e. The predicted octanol–water partition coefficient (Wildman–Crippen LogP) is 3.15. The molecule has 0 spiro atoms. The third-order valence-corrected chi connectivity index (χ3v) is 3.55. The van der Waals surface area contributed by atoms with Crippen molar-refractivity contribution in [1.29, 1.82) is 0 Å². The van der Waals surface area contributed by atoms with Crippen LogP contribution in [0.4, 0.5) is 10.2 Å². The van der Waals surface area contributed by atoms with Crippen molar-refractivity contribution in [3.63, 3.8) is 0 Å². The van der Waals surface area contributed by atoms with Gasteiger partial charge >= 0.3 is 0 Å². The number of hydrogen-bond donors (Lipinski definition) is 2. The van der Waals surface area contributed by atoms with Crippen molar-refractivity contribution in [2.45, 2.75) is 6.54 Å². The van der Waals surface area contributed by atoms with Gasteiger partial charge in [0.2, 0.25) is 0 Å². The highest BCUT2D eigenvalue weighted by molar-refractivity contribution is 7.16. The first kappa shape index (κ1) is 11.9. The maximum atomic E-state index is 13.2. The average molecular weight is 275 g/mol. The van der Waals surface area contributed by atoms with E-state index in [1.807, 2.05) is 11.4 Å². The first-order valence-corrected chi connectivity index (χ1v) is 6.51. The topological polar surface area (TPSA) is 58.0 Å². The molecular formula is C13H10FN3OS. The molecule has 0 saturated heterocycles. The highest BCUT2D eigenvalue weighted by atomic mass is 32.1. The van der Waals surface area contributed by atoms with Crippen molar-refractivity contribution in [2.75, 3.05) is 5.32 Å². The van der Waals surface area contributed by atoms with Crippen LogP contribution in [0.3, 0.4) is 0 Å². The van der Waals surface area contributed by atoms with E-state index in [0.29, 0.717) is 6.54 Å². The molecular weight excluding hydrogens is 265 g/mol. The Morgan fingerprint density at radius 1 is 1.26 bits per heavy atom. The Morgan fingerprint density at radius 3 is 3.00 bits per heavy atom. The quantitative estimate of drug-likeness (QED) is 0.771. The van der Waals surface area contributed by atoms with Crippen LogP contribution < -0.4 is 5.32 Å². The number of benzene rings is 1. The van der Waals surface area contributed by atoms with E-state index in [-0.39, 0.29) is 5.75 Å². The maximum Gasteiger partial charge on any atom is 0.165 e. The molecule has 2 aromatic heterocycles. The lowest BCUT2D eigenvalue weighted by molar-refractivity contribution is 0.432. The van der Waals surface area contributed by atoms with Gasteiger partial charge in [-0.1, -0.05) is 6.07 Å². The largest absolute Gasteiger partial charge is 0.505 e. The van der Waals surface area contributed by atoms with Crippen LogP contribution >= 0.6 is 11.3 Å². The monoisotopic (exact) mass is 275 g/mol. The number of aromatic hydroxyl groups is 1. The van der Waals surface area contributed by atoms with Crippen molar-refractivity contribution >= 4 is 27.4 Å². The third-order valence-electron chi connectivity index (χ3n) is 2.73. The summed E-state index contributed by atoms with van der Waals surface area (Å²) in [5.41, 5.74) is 0.734. The van der Waals surface area contributed by atoms with Crippen LogP contribution in [0.25, 0.3) is 10.2 Å². The van der Waals surface area contributed by atoms with Gasteiger partial charge < -0.3 is 10.4 Å². The molecule has 0 unspecified atom stereocenters. The summed E-state index contributed by atoms with van der Waals surface area (Å²) in [4.78, 5) is 9.24. The molecule has 2 heterocycles. The van der Waals surface area contributed by atoms with Crippen LogP contribution in [0.15, 0.2) is 36.0 Å². The smallest absolute Gasteiger partial charge is 0.165 e. The fourth-order valence-corrected chi connectivity index (χ4v) is 2.51. The van der Waals surface area contributed by atoms with E-state index in [4.69, 9.17) is 5.11 Å². The van der Waals surface area contributed by atoms with Gasteiger partial charge in [-0.25, -0.2) is 14.4 Å². The zero-order valence-corrected chi connectivity index (χ0v) is 10.6. The number of hydrogen-bond acceptors (Lipinski definition) is 5. The molecule has 1 aromatic carbocycles. The normalized spacial score (nSPS) is 10.8. The number of halogens is 1. The average Bonchev–Trinajstić information content (AvgIpc) is 2.89. The minimum absolute atomic E-state index is 0.342. The third kappa shape index (κ3) is 2.34. The van der Waals surface area contributed by atoms with Gasteiger partial charge in [-0.2, -0.15) is 0 Å². The second-order valence-corrected chi connectivity index (χ2v) is 4.90. The van der Waals surface area contributed by atoms with Crippen LogP contribution in [0.5, 0.6) is 5.75 Å². The van der Waals surface area contributed by atoms with Gasteiger partial charge in [0, 0.05) is 6.54 Å². The van der Waals surface area contributed by atoms with Gasteiger partial charge in [-0.3, -0.25) is 0 Å².